The summed E-state index contributed by atoms with van der Waals surface area (Å²) in [6.45, 7) is 4.41. The highest BCUT2D eigenvalue weighted by Crippen LogP contribution is 2.23. The molecule has 0 bridgehead atoms. The highest BCUT2D eigenvalue weighted by Gasteiger charge is 2.35. The van der Waals surface area contributed by atoms with Gasteiger partial charge in [0.1, 0.15) is 0 Å². The summed E-state index contributed by atoms with van der Waals surface area (Å²) in [7, 11) is -6.47. The molecule has 0 amide bonds. The maximum atomic E-state index is 12.4. The topological polar surface area (TPSA) is 80.8 Å². The molecule has 2 heterocycles. The third kappa shape index (κ3) is 4.16. The summed E-state index contributed by atoms with van der Waals surface area (Å²) in [6.07, 6.45) is 0.999. The zero-order valence-electron chi connectivity index (χ0n) is 12.0. The highest BCUT2D eigenvalue weighted by molar-refractivity contribution is 7.91. The summed E-state index contributed by atoms with van der Waals surface area (Å²) in [5, 5.41) is 0. The van der Waals surface area contributed by atoms with Gasteiger partial charge in [-0.05, 0) is 32.6 Å². The van der Waals surface area contributed by atoms with Gasteiger partial charge in [-0.2, -0.15) is 4.31 Å². The lowest BCUT2D eigenvalue weighted by atomic mass is 10.1. The second kappa shape index (κ2) is 5.90. The Bertz CT molecular complexity index is 532. The van der Waals surface area contributed by atoms with Crippen LogP contribution in [0.5, 0.6) is 0 Å². The summed E-state index contributed by atoms with van der Waals surface area (Å²) in [5.74, 6) is -0.144. The molecule has 0 saturated carbocycles. The number of nitrogens with zero attached hydrogens (tertiary/aromatic N) is 1. The van der Waals surface area contributed by atoms with E-state index in [1.165, 1.54) is 4.31 Å². The molecule has 3 atom stereocenters. The van der Waals surface area contributed by atoms with E-state index in [1.807, 2.05) is 13.8 Å². The fourth-order valence-electron chi connectivity index (χ4n) is 3.01. The number of ether oxygens (including phenoxy) is 1. The summed E-state index contributed by atoms with van der Waals surface area (Å²) < 4.78 is 55.0. The van der Waals surface area contributed by atoms with Crippen molar-refractivity contribution >= 4 is 19.9 Å². The zero-order chi connectivity index (χ0) is 15.0. The van der Waals surface area contributed by atoms with Crippen LogP contribution in [0.4, 0.5) is 0 Å². The Balaban J connectivity index is 2.03. The maximum absolute atomic E-state index is 12.4. The summed E-state index contributed by atoms with van der Waals surface area (Å²) >= 11 is 0. The van der Waals surface area contributed by atoms with Crippen LogP contribution in [0.15, 0.2) is 0 Å². The van der Waals surface area contributed by atoms with E-state index in [-0.39, 0.29) is 35.4 Å². The van der Waals surface area contributed by atoms with Crippen molar-refractivity contribution in [2.24, 2.45) is 5.92 Å². The van der Waals surface area contributed by atoms with Crippen molar-refractivity contribution in [2.45, 2.75) is 38.9 Å². The molecule has 2 aliphatic rings. The van der Waals surface area contributed by atoms with Crippen LogP contribution in [0, 0.1) is 5.92 Å². The third-order valence-electron chi connectivity index (χ3n) is 3.78. The van der Waals surface area contributed by atoms with Crippen molar-refractivity contribution in [3.8, 4) is 0 Å². The average Bonchev–Trinajstić information content (AvgIpc) is 2.25. The lowest BCUT2D eigenvalue weighted by Crippen LogP contribution is -2.49. The molecule has 20 heavy (non-hydrogen) atoms. The van der Waals surface area contributed by atoms with E-state index in [1.54, 1.807) is 0 Å². The quantitative estimate of drug-likeness (QED) is 0.743. The van der Waals surface area contributed by atoms with Crippen molar-refractivity contribution in [1.82, 2.24) is 4.31 Å². The molecule has 0 aromatic rings. The Kier molecular flexibility index (Phi) is 4.78. The second-order valence-electron chi connectivity index (χ2n) is 5.98. The summed E-state index contributed by atoms with van der Waals surface area (Å²) in [4.78, 5) is 0. The zero-order valence-corrected chi connectivity index (χ0v) is 13.6. The Hall–Kier alpha value is -0.180. The maximum Gasteiger partial charge on any atom is 0.214 e. The SMILES string of the molecule is C[C@@H]1CN(S(=O)(=O)C[C@@H]2CCCS(=O)(=O)C2)C[C@H](C)O1. The molecule has 2 saturated heterocycles. The van der Waals surface area contributed by atoms with Gasteiger partial charge in [0.05, 0.1) is 29.5 Å². The first-order valence-corrected chi connectivity index (χ1v) is 10.4. The fraction of sp³-hybridized carbons (Fsp3) is 1.00. The molecule has 118 valence electrons. The molecule has 0 spiro atoms. The number of morpholine rings is 1. The standard InChI is InChI=1S/C12H23NO5S2/c1-10-6-13(7-11(2)18-10)20(16,17)9-12-4-3-5-19(14,15)8-12/h10-12H,3-9H2,1-2H3/t10-,11+,12-/m1/s1. The second-order valence-corrected chi connectivity index (χ2v) is 10.2. The van der Waals surface area contributed by atoms with E-state index in [4.69, 9.17) is 4.74 Å². The van der Waals surface area contributed by atoms with Gasteiger partial charge in [-0.3, -0.25) is 0 Å². The van der Waals surface area contributed by atoms with E-state index in [0.717, 1.165) is 0 Å². The number of rotatable bonds is 3. The average molecular weight is 325 g/mol. The van der Waals surface area contributed by atoms with Crippen molar-refractivity contribution in [3.63, 3.8) is 0 Å². The van der Waals surface area contributed by atoms with Gasteiger partial charge in [-0.15, -0.1) is 0 Å². The van der Waals surface area contributed by atoms with Gasteiger partial charge in [-0.1, -0.05) is 0 Å². The van der Waals surface area contributed by atoms with Gasteiger partial charge in [0.25, 0.3) is 0 Å². The molecule has 6 nitrogen and oxygen atoms in total. The van der Waals surface area contributed by atoms with E-state index in [2.05, 4.69) is 0 Å². The third-order valence-corrected chi connectivity index (χ3v) is 7.65. The van der Waals surface area contributed by atoms with Crippen LogP contribution in [0.25, 0.3) is 0 Å². The molecule has 0 aliphatic carbocycles. The van der Waals surface area contributed by atoms with Crippen molar-refractivity contribution in [3.05, 3.63) is 0 Å². The minimum atomic E-state index is -3.41. The van der Waals surface area contributed by atoms with Crippen LogP contribution in [-0.2, 0) is 24.6 Å². The van der Waals surface area contributed by atoms with Crippen LogP contribution in [0.1, 0.15) is 26.7 Å². The number of hydrogen-bond acceptors (Lipinski definition) is 5. The minimum absolute atomic E-state index is 0.00166. The Morgan fingerprint density at radius 2 is 1.80 bits per heavy atom. The van der Waals surface area contributed by atoms with E-state index >= 15 is 0 Å². The predicted molar refractivity (Wildman–Crippen MR) is 76.7 cm³/mol. The van der Waals surface area contributed by atoms with Crippen LogP contribution in [-0.4, -0.2) is 63.7 Å². The molecule has 8 heteroatoms. The van der Waals surface area contributed by atoms with E-state index in [9.17, 15) is 16.8 Å². The first-order valence-electron chi connectivity index (χ1n) is 7.02. The van der Waals surface area contributed by atoms with E-state index in [0.29, 0.717) is 25.9 Å². The normalized spacial score (nSPS) is 35.8. The molecule has 0 aromatic heterocycles. The number of sulfonamides is 1. The van der Waals surface area contributed by atoms with Gasteiger partial charge in [-0.25, -0.2) is 16.8 Å². The first kappa shape index (κ1) is 16.2. The molecular formula is C12H23NO5S2. The molecule has 0 unspecified atom stereocenters. The van der Waals surface area contributed by atoms with Crippen LogP contribution >= 0.6 is 0 Å². The Morgan fingerprint density at radius 3 is 2.35 bits per heavy atom. The molecular weight excluding hydrogens is 302 g/mol. The van der Waals surface area contributed by atoms with Crippen molar-refractivity contribution in [2.75, 3.05) is 30.3 Å². The van der Waals surface area contributed by atoms with Crippen LogP contribution in [0.2, 0.25) is 0 Å². The van der Waals surface area contributed by atoms with Gasteiger partial charge in [0.15, 0.2) is 9.84 Å². The van der Waals surface area contributed by atoms with E-state index < -0.39 is 19.9 Å². The molecule has 2 rings (SSSR count). The van der Waals surface area contributed by atoms with Gasteiger partial charge < -0.3 is 4.74 Å². The van der Waals surface area contributed by atoms with Gasteiger partial charge in [0, 0.05) is 13.1 Å². The minimum Gasteiger partial charge on any atom is -0.373 e. The number of sulfone groups is 1. The van der Waals surface area contributed by atoms with Crippen molar-refractivity contribution < 1.29 is 21.6 Å². The smallest absolute Gasteiger partial charge is 0.214 e. The highest BCUT2D eigenvalue weighted by atomic mass is 32.2. The van der Waals surface area contributed by atoms with Crippen LogP contribution in [0.3, 0.4) is 0 Å². The largest absolute Gasteiger partial charge is 0.373 e. The Labute approximate surface area is 121 Å². The van der Waals surface area contributed by atoms with Crippen LogP contribution < -0.4 is 0 Å². The number of hydrogen-bond donors (Lipinski definition) is 0. The molecule has 0 aromatic carbocycles. The lowest BCUT2D eigenvalue weighted by molar-refractivity contribution is -0.0441. The fourth-order valence-corrected chi connectivity index (χ4v) is 6.90. The van der Waals surface area contributed by atoms with Gasteiger partial charge >= 0.3 is 0 Å². The summed E-state index contributed by atoms with van der Waals surface area (Å²) in [5.41, 5.74) is 0. The molecule has 2 fully saturated rings. The lowest BCUT2D eigenvalue weighted by Gasteiger charge is -2.35. The first-order chi connectivity index (χ1) is 9.18. The molecule has 0 radical (unpaired) electrons. The molecule has 0 N–H and O–H groups in total. The molecule has 2 aliphatic heterocycles. The van der Waals surface area contributed by atoms with Gasteiger partial charge in [0.2, 0.25) is 10.0 Å². The van der Waals surface area contributed by atoms with Crippen molar-refractivity contribution in [1.29, 1.82) is 0 Å². The summed E-state index contributed by atoms with van der Waals surface area (Å²) in [6, 6.07) is 0. The Morgan fingerprint density at radius 1 is 1.20 bits per heavy atom. The monoisotopic (exact) mass is 325 g/mol. The predicted octanol–water partition coefficient (Wildman–Crippen LogP) is 0.250.